The zero-order valence-electron chi connectivity index (χ0n) is 9.51. The van der Waals surface area contributed by atoms with Gasteiger partial charge in [-0.05, 0) is 12.5 Å². The topological polar surface area (TPSA) is 35.2 Å². The largest absolute Gasteiger partial charge is 0.419 e. The molecular weight excluding hydrogens is 250 g/mol. The Balaban J connectivity index is 2.33. The zero-order valence-corrected chi connectivity index (χ0v) is 9.51. The zero-order chi connectivity index (χ0) is 13.3. The van der Waals surface area contributed by atoms with Gasteiger partial charge in [-0.25, -0.2) is 4.39 Å². The standard InChI is InChI=1S/C12H13F4NO/c13-10-8(11(17)7-4-5-18-6-7)2-1-3-9(10)12(14,15)16/h1-3,7,11H,4-6,17H2. The van der Waals surface area contributed by atoms with Crippen LogP contribution in [0.25, 0.3) is 0 Å². The summed E-state index contributed by atoms with van der Waals surface area (Å²) in [4.78, 5) is 0. The smallest absolute Gasteiger partial charge is 0.381 e. The first-order valence-electron chi connectivity index (χ1n) is 5.60. The SMILES string of the molecule is NC(c1cccc(C(F)(F)F)c1F)C1CCOC1. The van der Waals surface area contributed by atoms with Crippen molar-refractivity contribution in [3.05, 3.63) is 35.1 Å². The number of nitrogens with two attached hydrogens (primary N) is 1. The van der Waals surface area contributed by atoms with Crippen LogP contribution in [0, 0.1) is 11.7 Å². The van der Waals surface area contributed by atoms with Crippen molar-refractivity contribution in [2.45, 2.75) is 18.6 Å². The molecule has 100 valence electrons. The Morgan fingerprint density at radius 3 is 2.61 bits per heavy atom. The van der Waals surface area contributed by atoms with Crippen molar-refractivity contribution in [2.24, 2.45) is 11.7 Å². The molecule has 2 atom stereocenters. The van der Waals surface area contributed by atoms with Gasteiger partial charge in [-0.3, -0.25) is 0 Å². The molecule has 0 radical (unpaired) electrons. The van der Waals surface area contributed by atoms with E-state index < -0.39 is 23.6 Å². The molecule has 1 aliphatic heterocycles. The van der Waals surface area contributed by atoms with E-state index in [4.69, 9.17) is 10.5 Å². The number of rotatable bonds is 2. The van der Waals surface area contributed by atoms with E-state index in [1.165, 1.54) is 12.1 Å². The molecule has 2 nitrogen and oxygen atoms in total. The fourth-order valence-corrected chi connectivity index (χ4v) is 2.12. The Kier molecular flexibility index (Phi) is 3.59. The summed E-state index contributed by atoms with van der Waals surface area (Å²) in [5.41, 5.74) is 4.46. The summed E-state index contributed by atoms with van der Waals surface area (Å²) < 4.78 is 56.6. The van der Waals surface area contributed by atoms with E-state index in [0.717, 1.165) is 6.07 Å². The first kappa shape index (κ1) is 13.3. The maximum Gasteiger partial charge on any atom is 0.419 e. The average molecular weight is 263 g/mol. The van der Waals surface area contributed by atoms with Crippen molar-refractivity contribution in [3.8, 4) is 0 Å². The van der Waals surface area contributed by atoms with Crippen LogP contribution in [0.5, 0.6) is 0 Å². The van der Waals surface area contributed by atoms with Gasteiger partial charge in [-0.1, -0.05) is 12.1 Å². The van der Waals surface area contributed by atoms with Crippen LogP contribution >= 0.6 is 0 Å². The van der Waals surface area contributed by atoms with Crippen molar-refractivity contribution in [2.75, 3.05) is 13.2 Å². The molecule has 1 fully saturated rings. The van der Waals surface area contributed by atoms with Gasteiger partial charge in [0.05, 0.1) is 12.2 Å². The van der Waals surface area contributed by atoms with Gasteiger partial charge in [-0.15, -0.1) is 0 Å². The van der Waals surface area contributed by atoms with Crippen LogP contribution in [-0.4, -0.2) is 13.2 Å². The van der Waals surface area contributed by atoms with E-state index in [1.807, 2.05) is 0 Å². The fourth-order valence-electron chi connectivity index (χ4n) is 2.12. The number of hydrogen-bond donors (Lipinski definition) is 1. The molecule has 1 aromatic carbocycles. The molecule has 1 saturated heterocycles. The summed E-state index contributed by atoms with van der Waals surface area (Å²) in [5, 5.41) is 0. The lowest BCUT2D eigenvalue weighted by atomic mass is 9.91. The monoisotopic (exact) mass is 263 g/mol. The molecule has 2 N–H and O–H groups in total. The molecule has 18 heavy (non-hydrogen) atoms. The van der Waals surface area contributed by atoms with Crippen LogP contribution in [0.15, 0.2) is 18.2 Å². The maximum atomic E-state index is 13.8. The minimum atomic E-state index is -4.70. The Hall–Kier alpha value is -1.14. The summed E-state index contributed by atoms with van der Waals surface area (Å²) in [7, 11) is 0. The van der Waals surface area contributed by atoms with E-state index >= 15 is 0 Å². The first-order valence-corrected chi connectivity index (χ1v) is 5.60. The quantitative estimate of drug-likeness (QED) is 0.833. The average Bonchev–Trinajstić information content (AvgIpc) is 2.80. The molecular formula is C12H13F4NO. The van der Waals surface area contributed by atoms with Gasteiger partial charge in [0, 0.05) is 24.1 Å². The predicted molar refractivity (Wildman–Crippen MR) is 57.3 cm³/mol. The molecule has 1 heterocycles. The van der Waals surface area contributed by atoms with Gasteiger partial charge >= 0.3 is 6.18 Å². The highest BCUT2D eigenvalue weighted by Gasteiger charge is 2.36. The molecule has 0 saturated carbocycles. The number of ether oxygens (including phenoxy) is 1. The van der Waals surface area contributed by atoms with Crippen molar-refractivity contribution >= 4 is 0 Å². The van der Waals surface area contributed by atoms with E-state index in [2.05, 4.69) is 0 Å². The molecule has 1 aromatic rings. The molecule has 0 aliphatic carbocycles. The van der Waals surface area contributed by atoms with Crippen LogP contribution in [0.3, 0.4) is 0 Å². The summed E-state index contributed by atoms with van der Waals surface area (Å²) in [6, 6.07) is 2.43. The Morgan fingerprint density at radius 1 is 1.33 bits per heavy atom. The van der Waals surface area contributed by atoms with Crippen molar-refractivity contribution in [1.29, 1.82) is 0 Å². The number of benzene rings is 1. The third kappa shape index (κ3) is 2.49. The van der Waals surface area contributed by atoms with Crippen LogP contribution < -0.4 is 5.73 Å². The highest BCUT2D eigenvalue weighted by atomic mass is 19.4. The van der Waals surface area contributed by atoms with E-state index in [1.54, 1.807) is 0 Å². The summed E-state index contributed by atoms with van der Waals surface area (Å²) in [5.74, 6) is -1.41. The maximum absolute atomic E-state index is 13.8. The van der Waals surface area contributed by atoms with Crippen molar-refractivity contribution < 1.29 is 22.3 Å². The van der Waals surface area contributed by atoms with Crippen LogP contribution in [-0.2, 0) is 10.9 Å². The van der Waals surface area contributed by atoms with Gasteiger partial charge in [0.2, 0.25) is 0 Å². The van der Waals surface area contributed by atoms with Gasteiger partial charge in [0.15, 0.2) is 0 Å². The second-order valence-electron chi connectivity index (χ2n) is 4.36. The minimum absolute atomic E-state index is 0.0969. The highest BCUT2D eigenvalue weighted by molar-refractivity contribution is 5.30. The lowest BCUT2D eigenvalue weighted by Gasteiger charge is -2.20. The number of alkyl halides is 3. The second-order valence-corrected chi connectivity index (χ2v) is 4.36. The third-order valence-electron chi connectivity index (χ3n) is 3.17. The van der Waals surface area contributed by atoms with Crippen LogP contribution in [0.1, 0.15) is 23.6 Å². The second kappa shape index (κ2) is 4.85. The molecule has 0 bridgehead atoms. The van der Waals surface area contributed by atoms with Crippen LogP contribution in [0.2, 0.25) is 0 Å². The molecule has 2 rings (SSSR count). The summed E-state index contributed by atoms with van der Waals surface area (Å²) in [6.45, 7) is 0.871. The first-order chi connectivity index (χ1) is 8.41. The Bertz CT molecular complexity index is 427. The van der Waals surface area contributed by atoms with E-state index in [-0.39, 0.29) is 11.5 Å². The van der Waals surface area contributed by atoms with Crippen LogP contribution in [0.4, 0.5) is 17.6 Å². The predicted octanol–water partition coefficient (Wildman–Crippen LogP) is 2.88. The van der Waals surface area contributed by atoms with Gasteiger partial charge in [0.1, 0.15) is 5.82 Å². The number of halogens is 4. The van der Waals surface area contributed by atoms with E-state index in [9.17, 15) is 17.6 Å². The van der Waals surface area contributed by atoms with Gasteiger partial charge in [-0.2, -0.15) is 13.2 Å². The molecule has 0 aromatic heterocycles. The van der Waals surface area contributed by atoms with Crippen molar-refractivity contribution in [1.82, 2.24) is 0 Å². The Morgan fingerprint density at radius 2 is 2.06 bits per heavy atom. The lowest BCUT2D eigenvalue weighted by Crippen LogP contribution is -2.24. The number of hydrogen-bond acceptors (Lipinski definition) is 2. The third-order valence-corrected chi connectivity index (χ3v) is 3.17. The summed E-state index contributed by atoms with van der Waals surface area (Å²) >= 11 is 0. The normalized spacial score (nSPS) is 22.2. The van der Waals surface area contributed by atoms with Crippen molar-refractivity contribution in [3.63, 3.8) is 0 Å². The van der Waals surface area contributed by atoms with Gasteiger partial charge < -0.3 is 10.5 Å². The molecule has 0 spiro atoms. The molecule has 2 unspecified atom stereocenters. The highest BCUT2D eigenvalue weighted by Crippen LogP contribution is 2.35. The summed E-state index contributed by atoms with van der Waals surface area (Å²) in [6.07, 6.45) is -4.07. The molecule has 1 aliphatic rings. The Labute approximate surface area is 102 Å². The molecule has 0 amide bonds. The lowest BCUT2D eigenvalue weighted by molar-refractivity contribution is -0.140. The van der Waals surface area contributed by atoms with E-state index in [0.29, 0.717) is 19.6 Å². The fraction of sp³-hybridized carbons (Fsp3) is 0.500. The van der Waals surface area contributed by atoms with Gasteiger partial charge in [0.25, 0.3) is 0 Å². The molecule has 6 heteroatoms. The minimum Gasteiger partial charge on any atom is -0.381 e.